The third-order valence-corrected chi connectivity index (χ3v) is 5.36. The smallest absolute Gasteiger partial charge is 0.254 e. The standard InChI is InChI=1S/C24H23IN2O2/c1-17(20-10-7-13-23(15-20)26-18(2)28)27(16-19-8-4-3-5-9-19)24(29)21-11-6-12-22(25)14-21/h3-15,17H,16H2,1-2H3,(H,26,28). The van der Waals surface area contributed by atoms with E-state index in [0.29, 0.717) is 12.1 Å². The van der Waals surface area contributed by atoms with Crippen LogP contribution in [-0.2, 0) is 11.3 Å². The van der Waals surface area contributed by atoms with Gasteiger partial charge >= 0.3 is 0 Å². The summed E-state index contributed by atoms with van der Waals surface area (Å²) < 4.78 is 1.02. The van der Waals surface area contributed by atoms with Crippen molar-refractivity contribution in [2.75, 3.05) is 5.32 Å². The van der Waals surface area contributed by atoms with Crippen LogP contribution >= 0.6 is 22.6 Å². The molecule has 1 atom stereocenters. The first kappa shape index (κ1) is 21.0. The molecule has 5 heteroatoms. The molecule has 0 fully saturated rings. The lowest BCUT2D eigenvalue weighted by Crippen LogP contribution is -2.33. The molecule has 0 saturated heterocycles. The number of nitrogens with zero attached hydrogens (tertiary/aromatic N) is 1. The maximum absolute atomic E-state index is 13.4. The highest BCUT2D eigenvalue weighted by Gasteiger charge is 2.23. The molecule has 0 saturated carbocycles. The summed E-state index contributed by atoms with van der Waals surface area (Å²) >= 11 is 2.22. The van der Waals surface area contributed by atoms with Gasteiger partial charge in [0.15, 0.2) is 0 Å². The lowest BCUT2D eigenvalue weighted by molar-refractivity contribution is -0.114. The number of nitrogens with one attached hydrogen (secondary N) is 1. The Kier molecular flexibility index (Phi) is 7.04. The summed E-state index contributed by atoms with van der Waals surface area (Å²) in [6.45, 7) is 4.00. The average molecular weight is 498 g/mol. The Labute approximate surface area is 185 Å². The molecule has 3 aromatic rings. The first-order valence-corrected chi connectivity index (χ1v) is 10.5. The maximum atomic E-state index is 13.4. The zero-order chi connectivity index (χ0) is 20.8. The molecular formula is C24H23IN2O2. The molecule has 0 bridgehead atoms. The zero-order valence-electron chi connectivity index (χ0n) is 16.4. The van der Waals surface area contributed by atoms with Gasteiger partial charge in [-0.05, 0) is 71.0 Å². The molecule has 3 aromatic carbocycles. The normalized spacial score (nSPS) is 11.6. The average Bonchev–Trinajstić information content (AvgIpc) is 2.71. The van der Waals surface area contributed by atoms with E-state index in [1.807, 2.05) is 90.7 Å². The van der Waals surface area contributed by atoms with Gasteiger partial charge in [-0.3, -0.25) is 9.59 Å². The molecule has 0 aliphatic carbocycles. The van der Waals surface area contributed by atoms with E-state index >= 15 is 0 Å². The van der Waals surface area contributed by atoms with Crippen molar-refractivity contribution in [1.82, 2.24) is 4.90 Å². The van der Waals surface area contributed by atoms with Gasteiger partial charge in [0.05, 0.1) is 6.04 Å². The molecule has 4 nitrogen and oxygen atoms in total. The Bertz CT molecular complexity index is 1000. The summed E-state index contributed by atoms with van der Waals surface area (Å²) in [7, 11) is 0. The molecular weight excluding hydrogens is 475 g/mol. The minimum Gasteiger partial charge on any atom is -0.328 e. The van der Waals surface area contributed by atoms with Gasteiger partial charge in [-0.15, -0.1) is 0 Å². The van der Waals surface area contributed by atoms with Crippen LogP contribution in [0.4, 0.5) is 5.69 Å². The highest BCUT2D eigenvalue weighted by molar-refractivity contribution is 14.1. The van der Waals surface area contributed by atoms with E-state index in [-0.39, 0.29) is 17.9 Å². The van der Waals surface area contributed by atoms with Crippen molar-refractivity contribution in [3.05, 3.63) is 99.1 Å². The lowest BCUT2D eigenvalue weighted by Gasteiger charge is -2.30. The van der Waals surface area contributed by atoms with E-state index in [9.17, 15) is 9.59 Å². The second-order valence-electron chi connectivity index (χ2n) is 6.91. The lowest BCUT2D eigenvalue weighted by atomic mass is 10.0. The van der Waals surface area contributed by atoms with Gasteiger partial charge in [0.25, 0.3) is 5.91 Å². The molecule has 148 valence electrons. The zero-order valence-corrected chi connectivity index (χ0v) is 18.6. The fourth-order valence-corrected chi connectivity index (χ4v) is 3.75. The van der Waals surface area contributed by atoms with Crippen LogP contribution in [0.5, 0.6) is 0 Å². The van der Waals surface area contributed by atoms with Gasteiger partial charge in [-0.1, -0.05) is 48.5 Å². The van der Waals surface area contributed by atoms with Crippen LogP contribution in [0, 0.1) is 3.57 Å². The Morgan fingerprint density at radius 1 is 0.966 bits per heavy atom. The minimum atomic E-state index is -0.172. The molecule has 0 spiro atoms. The van der Waals surface area contributed by atoms with Crippen LogP contribution in [0.2, 0.25) is 0 Å². The van der Waals surface area contributed by atoms with E-state index in [0.717, 1.165) is 20.4 Å². The van der Waals surface area contributed by atoms with Crippen LogP contribution in [0.3, 0.4) is 0 Å². The molecule has 0 heterocycles. The maximum Gasteiger partial charge on any atom is 0.254 e. The number of carbonyl (C=O) groups excluding carboxylic acids is 2. The van der Waals surface area contributed by atoms with Crippen LogP contribution in [0.1, 0.15) is 41.4 Å². The van der Waals surface area contributed by atoms with Crippen molar-refractivity contribution >= 4 is 40.1 Å². The number of anilines is 1. The summed E-state index contributed by atoms with van der Waals surface area (Å²) in [6.07, 6.45) is 0. The molecule has 0 aliphatic rings. The third kappa shape index (κ3) is 5.67. The number of hydrogen-bond acceptors (Lipinski definition) is 2. The van der Waals surface area contributed by atoms with Crippen molar-refractivity contribution in [3.8, 4) is 0 Å². The number of hydrogen-bond donors (Lipinski definition) is 1. The topological polar surface area (TPSA) is 49.4 Å². The van der Waals surface area contributed by atoms with Gasteiger partial charge in [-0.25, -0.2) is 0 Å². The number of halogens is 1. The van der Waals surface area contributed by atoms with Crippen LogP contribution < -0.4 is 5.32 Å². The second kappa shape index (κ2) is 9.69. The minimum absolute atomic E-state index is 0.0233. The van der Waals surface area contributed by atoms with E-state index in [1.165, 1.54) is 6.92 Å². The Morgan fingerprint density at radius 2 is 1.69 bits per heavy atom. The molecule has 0 aliphatic heterocycles. The highest BCUT2D eigenvalue weighted by Crippen LogP contribution is 2.27. The number of rotatable bonds is 6. The largest absolute Gasteiger partial charge is 0.328 e. The predicted octanol–water partition coefficient (Wildman–Crippen LogP) is 5.65. The van der Waals surface area contributed by atoms with Gasteiger partial charge in [-0.2, -0.15) is 0 Å². The van der Waals surface area contributed by atoms with Gasteiger partial charge in [0, 0.05) is 28.3 Å². The van der Waals surface area contributed by atoms with E-state index < -0.39 is 0 Å². The number of amides is 2. The quantitative estimate of drug-likeness (QED) is 0.447. The first-order chi connectivity index (χ1) is 13.9. The van der Waals surface area contributed by atoms with E-state index in [2.05, 4.69) is 27.9 Å². The molecule has 0 aromatic heterocycles. The highest BCUT2D eigenvalue weighted by atomic mass is 127. The Balaban J connectivity index is 1.95. The fraction of sp³-hybridized carbons (Fsp3) is 0.167. The van der Waals surface area contributed by atoms with Crippen molar-refractivity contribution in [2.45, 2.75) is 26.4 Å². The SMILES string of the molecule is CC(=O)Nc1cccc(C(C)N(Cc2ccccc2)C(=O)c2cccc(I)c2)c1. The van der Waals surface area contributed by atoms with Crippen LogP contribution in [0.25, 0.3) is 0 Å². The third-order valence-electron chi connectivity index (χ3n) is 4.69. The Hall–Kier alpha value is -2.67. The molecule has 29 heavy (non-hydrogen) atoms. The van der Waals surface area contributed by atoms with Crippen molar-refractivity contribution in [1.29, 1.82) is 0 Å². The van der Waals surface area contributed by atoms with E-state index in [4.69, 9.17) is 0 Å². The molecule has 0 radical (unpaired) electrons. The first-order valence-electron chi connectivity index (χ1n) is 9.42. The van der Waals surface area contributed by atoms with Crippen LogP contribution in [0.15, 0.2) is 78.9 Å². The summed E-state index contributed by atoms with van der Waals surface area (Å²) in [5, 5.41) is 2.81. The summed E-state index contributed by atoms with van der Waals surface area (Å²) in [5.41, 5.74) is 3.42. The summed E-state index contributed by atoms with van der Waals surface area (Å²) in [4.78, 5) is 26.7. The molecule has 2 amide bonds. The monoisotopic (exact) mass is 498 g/mol. The van der Waals surface area contributed by atoms with Gasteiger partial charge < -0.3 is 10.2 Å². The number of benzene rings is 3. The summed E-state index contributed by atoms with van der Waals surface area (Å²) in [5.74, 6) is -0.143. The number of carbonyl (C=O) groups is 2. The van der Waals surface area contributed by atoms with Crippen molar-refractivity contribution < 1.29 is 9.59 Å². The van der Waals surface area contributed by atoms with Crippen LogP contribution in [-0.4, -0.2) is 16.7 Å². The molecule has 1 N–H and O–H groups in total. The predicted molar refractivity (Wildman–Crippen MR) is 125 cm³/mol. The van der Waals surface area contributed by atoms with Crippen molar-refractivity contribution in [3.63, 3.8) is 0 Å². The molecule has 1 unspecified atom stereocenters. The second-order valence-corrected chi connectivity index (χ2v) is 8.16. The Morgan fingerprint density at radius 3 is 2.38 bits per heavy atom. The fourth-order valence-electron chi connectivity index (χ4n) is 3.21. The molecule has 3 rings (SSSR count). The van der Waals surface area contributed by atoms with E-state index in [1.54, 1.807) is 0 Å². The van der Waals surface area contributed by atoms with Gasteiger partial charge in [0.2, 0.25) is 5.91 Å². The van der Waals surface area contributed by atoms with Gasteiger partial charge in [0.1, 0.15) is 0 Å². The summed E-state index contributed by atoms with van der Waals surface area (Å²) in [6, 6.07) is 25.1. The van der Waals surface area contributed by atoms with Crippen molar-refractivity contribution in [2.24, 2.45) is 0 Å².